The van der Waals surface area contributed by atoms with Crippen molar-refractivity contribution >= 4 is 0 Å². The lowest BCUT2D eigenvalue weighted by Gasteiger charge is -2.17. The van der Waals surface area contributed by atoms with Gasteiger partial charge in [-0.15, -0.1) is 0 Å². The molecule has 0 bridgehead atoms. The molecule has 0 aliphatic rings. The van der Waals surface area contributed by atoms with E-state index in [1.54, 1.807) is 0 Å². The van der Waals surface area contributed by atoms with E-state index in [1.165, 1.54) is 68.9 Å². The molecule has 0 spiro atoms. The van der Waals surface area contributed by atoms with Crippen molar-refractivity contribution in [3.8, 4) is 0 Å². The minimum atomic E-state index is 0.409. The Morgan fingerprint density at radius 2 is 1.57 bits per heavy atom. The number of nitrogens with one attached hydrogen (secondary N) is 1. The molecule has 0 saturated carbocycles. The second-order valence-electron chi connectivity index (χ2n) is 6.26. The standard InChI is InChI=1S/C19H34N2/c1-3-4-5-6-7-8-9-10-15-19(21-20)16-18-14-12-11-13-17(18)2/h11-14,19,21H,3-10,15-16,20H2,1-2H3. The second kappa shape index (κ2) is 11.8. The Morgan fingerprint density at radius 1 is 0.952 bits per heavy atom. The summed E-state index contributed by atoms with van der Waals surface area (Å²) in [7, 11) is 0. The summed E-state index contributed by atoms with van der Waals surface area (Å²) < 4.78 is 0. The van der Waals surface area contributed by atoms with Crippen LogP contribution in [0, 0.1) is 6.92 Å². The number of hydrazine groups is 1. The zero-order chi connectivity index (χ0) is 15.3. The Balaban J connectivity index is 2.13. The van der Waals surface area contributed by atoms with Gasteiger partial charge in [-0.05, 0) is 30.9 Å². The predicted molar refractivity (Wildman–Crippen MR) is 93.2 cm³/mol. The van der Waals surface area contributed by atoms with Crippen molar-refractivity contribution in [2.75, 3.05) is 0 Å². The SMILES string of the molecule is CCCCCCCCCCC(Cc1ccccc1C)NN. The Labute approximate surface area is 131 Å². The summed E-state index contributed by atoms with van der Waals surface area (Å²) in [5.74, 6) is 5.72. The Bertz CT molecular complexity index is 362. The predicted octanol–water partition coefficient (Wildman–Crippen LogP) is 4.90. The van der Waals surface area contributed by atoms with E-state index in [9.17, 15) is 0 Å². The Hall–Kier alpha value is -0.860. The largest absolute Gasteiger partial charge is 0.271 e. The van der Waals surface area contributed by atoms with E-state index in [1.807, 2.05) is 0 Å². The van der Waals surface area contributed by atoms with Crippen molar-refractivity contribution in [1.82, 2.24) is 5.43 Å². The van der Waals surface area contributed by atoms with Gasteiger partial charge in [0.2, 0.25) is 0 Å². The minimum Gasteiger partial charge on any atom is -0.271 e. The van der Waals surface area contributed by atoms with Crippen LogP contribution in [0.4, 0.5) is 0 Å². The lowest BCUT2D eigenvalue weighted by Crippen LogP contribution is -2.36. The van der Waals surface area contributed by atoms with E-state index in [-0.39, 0.29) is 0 Å². The molecule has 1 aromatic carbocycles. The highest BCUT2D eigenvalue weighted by Gasteiger charge is 2.08. The smallest absolute Gasteiger partial charge is 0.0251 e. The summed E-state index contributed by atoms with van der Waals surface area (Å²) in [6, 6.07) is 9.02. The van der Waals surface area contributed by atoms with Gasteiger partial charge < -0.3 is 0 Å². The molecular weight excluding hydrogens is 256 g/mol. The highest BCUT2D eigenvalue weighted by molar-refractivity contribution is 5.26. The van der Waals surface area contributed by atoms with Crippen molar-refractivity contribution in [1.29, 1.82) is 0 Å². The summed E-state index contributed by atoms with van der Waals surface area (Å²) in [6.45, 7) is 4.45. The number of nitrogens with two attached hydrogens (primary N) is 1. The van der Waals surface area contributed by atoms with Crippen LogP contribution in [0.3, 0.4) is 0 Å². The van der Waals surface area contributed by atoms with E-state index in [0.29, 0.717) is 6.04 Å². The van der Waals surface area contributed by atoms with Crippen molar-refractivity contribution in [2.24, 2.45) is 5.84 Å². The third-order valence-electron chi connectivity index (χ3n) is 4.37. The van der Waals surface area contributed by atoms with Gasteiger partial charge in [0.15, 0.2) is 0 Å². The topological polar surface area (TPSA) is 38.0 Å². The molecule has 3 N–H and O–H groups in total. The monoisotopic (exact) mass is 290 g/mol. The molecule has 2 heteroatoms. The first kappa shape index (κ1) is 18.2. The molecule has 0 aliphatic carbocycles. The third kappa shape index (κ3) is 8.23. The first-order valence-corrected chi connectivity index (χ1v) is 8.78. The van der Waals surface area contributed by atoms with Gasteiger partial charge in [0.05, 0.1) is 0 Å². The van der Waals surface area contributed by atoms with E-state index >= 15 is 0 Å². The minimum absolute atomic E-state index is 0.409. The molecule has 0 amide bonds. The van der Waals surface area contributed by atoms with Crippen LogP contribution in [0.25, 0.3) is 0 Å². The Morgan fingerprint density at radius 3 is 2.19 bits per heavy atom. The van der Waals surface area contributed by atoms with Crippen molar-refractivity contribution < 1.29 is 0 Å². The zero-order valence-electron chi connectivity index (χ0n) is 14.0. The third-order valence-corrected chi connectivity index (χ3v) is 4.37. The number of rotatable bonds is 12. The number of benzene rings is 1. The maximum Gasteiger partial charge on any atom is 0.0251 e. The lowest BCUT2D eigenvalue weighted by molar-refractivity contribution is 0.457. The van der Waals surface area contributed by atoms with Crippen molar-refractivity contribution in [2.45, 2.75) is 84.1 Å². The van der Waals surface area contributed by atoms with Crippen LogP contribution >= 0.6 is 0 Å². The molecule has 0 aromatic heterocycles. The summed E-state index contributed by atoms with van der Waals surface area (Å²) in [4.78, 5) is 0. The van der Waals surface area contributed by atoms with Crippen LogP contribution < -0.4 is 11.3 Å². The molecule has 0 aliphatic heterocycles. The van der Waals surface area contributed by atoms with E-state index in [0.717, 1.165) is 6.42 Å². The molecule has 120 valence electrons. The van der Waals surface area contributed by atoms with Crippen LogP contribution in [0.5, 0.6) is 0 Å². The molecular formula is C19H34N2. The van der Waals surface area contributed by atoms with Crippen molar-refractivity contribution in [3.05, 3.63) is 35.4 Å². The fourth-order valence-corrected chi connectivity index (χ4v) is 2.87. The fraction of sp³-hybridized carbons (Fsp3) is 0.684. The summed E-state index contributed by atoms with van der Waals surface area (Å²) in [5, 5.41) is 0. The molecule has 1 atom stereocenters. The van der Waals surface area contributed by atoms with Gasteiger partial charge in [-0.2, -0.15) is 0 Å². The quantitative estimate of drug-likeness (QED) is 0.326. The van der Waals surface area contributed by atoms with Crippen molar-refractivity contribution in [3.63, 3.8) is 0 Å². The first-order valence-electron chi connectivity index (χ1n) is 8.78. The zero-order valence-corrected chi connectivity index (χ0v) is 14.0. The number of aryl methyl sites for hydroxylation is 1. The average Bonchev–Trinajstić information content (AvgIpc) is 2.50. The number of unbranched alkanes of at least 4 members (excludes halogenated alkanes) is 7. The maximum atomic E-state index is 5.72. The van der Waals surface area contributed by atoms with Crippen LogP contribution in [-0.2, 0) is 6.42 Å². The number of hydrogen-bond acceptors (Lipinski definition) is 2. The average molecular weight is 290 g/mol. The summed E-state index contributed by atoms with van der Waals surface area (Å²) in [5.41, 5.74) is 5.78. The molecule has 0 heterocycles. The van der Waals surface area contributed by atoms with Gasteiger partial charge in [-0.3, -0.25) is 11.3 Å². The summed E-state index contributed by atoms with van der Waals surface area (Å²) >= 11 is 0. The van der Waals surface area contributed by atoms with Gasteiger partial charge in [-0.1, -0.05) is 82.6 Å². The molecule has 1 aromatic rings. The van der Waals surface area contributed by atoms with Crippen LogP contribution in [0.2, 0.25) is 0 Å². The normalized spacial score (nSPS) is 12.5. The number of hydrogen-bond donors (Lipinski definition) is 2. The molecule has 1 rings (SSSR count). The van der Waals surface area contributed by atoms with E-state index in [4.69, 9.17) is 5.84 Å². The van der Waals surface area contributed by atoms with Crippen LogP contribution in [0.1, 0.15) is 75.8 Å². The van der Waals surface area contributed by atoms with Gasteiger partial charge in [0.25, 0.3) is 0 Å². The second-order valence-corrected chi connectivity index (χ2v) is 6.26. The Kier molecular flexibility index (Phi) is 10.2. The van der Waals surface area contributed by atoms with Gasteiger partial charge in [0, 0.05) is 6.04 Å². The highest BCUT2D eigenvalue weighted by atomic mass is 15.2. The fourth-order valence-electron chi connectivity index (χ4n) is 2.87. The first-order chi connectivity index (χ1) is 10.3. The van der Waals surface area contributed by atoms with Crippen LogP contribution in [0.15, 0.2) is 24.3 Å². The van der Waals surface area contributed by atoms with Gasteiger partial charge in [-0.25, -0.2) is 0 Å². The van der Waals surface area contributed by atoms with Gasteiger partial charge in [0.1, 0.15) is 0 Å². The van der Waals surface area contributed by atoms with E-state index < -0.39 is 0 Å². The molecule has 0 fully saturated rings. The lowest BCUT2D eigenvalue weighted by atomic mass is 9.97. The summed E-state index contributed by atoms with van der Waals surface area (Å²) in [6.07, 6.45) is 13.2. The molecule has 0 saturated heterocycles. The molecule has 21 heavy (non-hydrogen) atoms. The molecule has 1 unspecified atom stereocenters. The van der Waals surface area contributed by atoms with Crippen LogP contribution in [-0.4, -0.2) is 6.04 Å². The highest BCUT2D eigenvalue weighted by Crippen LogP contribution is 2.14. The maximum absolute atomic E-state index is 5.72. The van der Waals surface area contributed by atoms with E-state index in [2.05, 4.69) is 43.5 Å². The molecule has 2 nitrogen and oxygen atoms in total. The van der Waals surface area contributed by atoms with Gasteiger partial charge >= 0.3 is 0 Å². The molecule has 0 radical (unpaired) electrons.